The molecule has 2 bridgehead atoms. The minimum atomic E-state index is -3.21. The molecule has 13 atom stereocenters. The molecule has 61 heavy (non-hydrogen) atoms. The first kappa shape index (κ1) is 48.1. The molecule has 338 valence electrons. The van der Waals surface area contributed by atoms with Crippen LogP contribution in [0.2, 0.25) is 0 Å². The molecule has 3 aliphatic heterocycles. The number of hydrogen-bond acceptors (Lipinski definition) is 18. The number of alkyl halides is 1. The molecule has 0 radical (unpaired) electrons. The summed E-state index contributed by atoms with van der Waals surface area (Å²) >= 11 is 1.22. The lowest BCUT2D eigenvalue weighted by Crippen LogP contribution is -2.59. The molecular formula is C41H60FN7O11S. The number of aliphatic hydroxyl groups is 2. The van der Waals surface area contributed by atoms with E-state index in [-0.39, 0.29) is 44.5 Å². The maximum atomic E-state index is 16.8. The Balaban J connectivity index is 1.62. The minimum absolute atomic E-state index is 0.0159. The maximum absolute atomic E-state index is 16.8. The molecule has 1 amide bonds. The molecule has 20 heteroatoms. The highest BCUT2D eigenvalue weighted by molar-refractivity contribution is 7.14. The molecule has 5 heterocycles. The molecule has 5 rings (SSSR count). The number of halogens is 1. The van der Waals surface area contributed by atoms with Crippen LogP contribution in [0.4, 0.5) is 10.2 Å². The second-order valence-electron chi connectivity index (χ2n) is 16.8. The number of anilines is 1. The number of aromatic nitrogens is 3. The number of nitrogen functional groups attached to an aromatic ring is 1. The minimum Gasteiger partial charge on any atom is -0.457 e. The Bertz CT molecular complexity index is 1930. The summed E-state index contributed by atoms with van der Waals surface area (Å²) in [6, 6.07) is 4.76. The second kappa shape index (κ2) is 20.1. The molecule has 2 aromatic rings. The summed E-state index contributed by atoms with van der Waals surface area (Å²) in [5.74, 6) is -5.76. The molecule has 0 unspecified atom stereocenters. The molecule has 2 aromatic heterocycles. The van der Waals surface area contributed by atoms with E-state index in [1.165, 1.54) is 32.1 Å². The molecular weight excluding hydrogens is 818 g/mol. The van der Waals surface area contributed by atoms with Crippen LogP contribution in [-0.2, 0) is 49.5 Å². The van der Waals surface area contributed by atoms with Gasteiger partial charge in [0.2, 0.25) is 5.91 Å². The van der Waals surface area contributed by atoms with Crippen LogP contribution in [0.3, 0.4) is 0 Å². The number of aliphatic hydroxyl groups excluding tert-OH is 1. The van der Waals surface area contributed by atoms with Crippen molar-refractivity contribution in [3.8, 4) is 10.7 Å². The third-order valence-corrected chi connectivity index (χ3v) is 12.5. The fourth-order valence-electron chi connectivity index (χ4n) is 8.28. The van der Waals surface area contributed by atoms with Crippen LogP contribution >= 0.6 is 11.3 Å². The molecule has 4 N–H and O–H groups in total. The van der Waals surface area contributed by atoms with Crippen molar-refractivity contribution in [2.45, 2.75) is 141 Å². The lowest BCUT2D eigenvalue weighted by Gasteiger charge is -2.44. The van der Waals surface area contributed by atoms with Crippen molar-refractivity contribution in [3.63, 3.8) is 0 Å². The Kier molecular flexibility index (Phi) is 15.9. The van der Waals surface area contributed by atoms with Crippen LogP contribution in [-0.4, -0.2) is 147 Å². The SMILES string of the molecule is CC[C@H]1OC(=O)[C@@](C)(F)C(=O)[C@H](C)[C@@H](O[C@@H]2O[C@H](C)C[C@H](N(C)C)[C@H]2O)[C@H]2C[C@@H](C)C(=NC(C)=O)[C@H](C)[C@H](OC/C(=N\OCc3nnc(-c4cccc(N)n4)s3)CO2)[C@]1(C)O. The first-order valence-corrected chi connectivity index (χ1v) is 21.3. The summed E-state index contributed by atoms with van der Waals surface area (Å²) in [6.07, 6.45) is -7.57. The van der Waals surface area contributed by atoms with E-state index in [1.54, 1.807) is 39.0 Å². The van der Waals surface area contributed by atoms with Gasteiger partial charge in [-0.2, -0.15) is 0 Å². The van der Waals surface area contributed by atoms with Gasteiger partial charge in [-0.15, -0.1) is 10.2 Å². The van der Waals surface area contributed by atoms with Crippen molar-refractivity contribution >= 4 is 46.2 Å². The zero-order valence-electron chi connectivity index (χ0n) is 36.4. The number of ketones is 1. The average molecular weight is 878 g/mol. The predicted molar refractivity (Wildman–Crippen MR) is 222 cm³/mol. The number of likely N-dealkylation sites (N-methyl/N-ethyl adjacent to an activating group) is 1. The zero-order chi connectivity index (χ0) is 45.0. The van der Waals surface area contributed by atoms with Gasteiger partial charge in [-0.05, 0) is 72.2 Å². The quantitative estimate of drug-likeness (QED) is 0.196. The predicted octanol–water partition coefficient (Wildman–Crippen LogP) is 3.32. The van der Waals surface area contributed by atoms with E-state index in [4.69, 9.17) is 34.3 Å². The third-order valence-electron chi connectivity index (χ3n) is 11.6. The van der Waals surface area contributed by atoms with Gasteiger partial charge in [0.15, 0.2) is 28.7 Å². The maximum Gasteiger partial charge on any atom is 0.351 e. The highest BCUT2D eigenvalue weighted by Gasteiger charge is 2.54. The van der Waals surface area contributed by atoms with Crippen molar-refractivity contribution in [1.82, 2.24) is 20.1 Å². The smallest absolute Gasteiger partial charge is 0.351 e. The molecule has 0 aromatic carbocycles. The van der Waals surface area contributed by atoms with Gasteiger partial charge in [-0.3, -0.25) is 9.59 Å². The molecule has 3 saturated heterocycles. The Hall–Kier alpha value is -3.89. The van der Waals surface area contributed by atoms with Crippen molar-refractivity contribution < 1.29 is 57.5 Å². The molecule has 3 fully saturated rings. The van der Waals surface area contributed by atoms with Crippen LogP contribution in [0.5, 0.6) is 0 Å². The van der Waals surface area contributed by atoms with E-state index in [2.05, 4.69) is 25.3 Å². The first-order valence-electron chi connectivity index (χ1n) is 20.5. The first-order chi connectivity index (χ1) is 28.6. The van der Waals surface area contributed by atoms with Gasteiger partial charge in [0.25, 0.3) is 5.67 Å². The number of aliphatic imine (C=N–C) groups is 1. The van der Waals surface area contributed by atoms with Crippen molar-refractivity contribution in [1.29, 1.82) is 0 Å². The van der Waals surface area contributed by atoms with E-state index >= 15 is 4.39 Å². The standard InChI is InChI=1S/C41H60FN7O11S/c1-11-29-41(8,54)36-22(4)32(44-24(6)50)20(2)15-28(55-17-25(18-56-36)48-57-19-31-46-47-37(61-31)26-13-12-14-30(43)45-26)34(23(5)35(52)40(7,42)39(53)59-29)60-38-33(51)27(49(9)10)16-21(3)58-38/h12-14,20-23,27-29,33-34,36,38,51,54H,11,15-19H2,1-10H3,(H2,43,45)/b44-32?,48-25-/t20-,21-,22+,23-,27+,28-,29-,33-,34-,36+,38+,40+,41-/m1/s1. The number of pyridine rings is 1. The number of cyclic esters (lactones) is 1. The summed E-state index contributed by atoms with van der Waals surface area (Å²) in [5, 5.41) is 37.6. The van der Waals surface area contributed by atoms with Gasteiger partial charge in [-0.25, -0.2) is 19.2 Å². The number of esters is 1. The highest BCUT2D eigenvalue weighted by atomic mass is 32.1. The van der Waals surface area contributed by atoms with Gasteiger partial charge < -0.3 is 49.4 Å². The van der Waals surface area contributed by atoms with E-state index in [9.17, 15) is 24.6 Å². The lowest BCUT2D eigenvalue weighted by atomic mass is 9.76. The number of fused-ring (bicyclic) bond motifs is 5. The summed E-state index contributed by atoms with van der Waals surface area (Å²) in [7, 11) is 3.62. The topological polar surface area (TPSA) is 240 Å². The number of hydrogen-bond donors (Lipinski definition) is 3. The van der Waals surface area contributed by atoms with Crippen LogP contribution in [0, 0.1) is 17.8 Å². The van der Waals surface area contributed by atoms with E-state index in [0.717, 1.165) is 6.92 Å². The Labute approximate surface area is 359 Å². The largest absolute Gasteiger partial charge is 0.457 e. The van der Waals surface area contributed by atoms with E-state index in [0.29, 0.717) is 33.7 Å². The molecule has 18 nitrogen and oxygen atoms in total. The van der Waals surface area contributed by atoms with Crippen LogP contribution in [0.15, 0.2) is 28.3 Å². The third kappa shape index (κ3) is 11.2. The van der Waals surface area contributed by atoms with E-state index < -0.39 is 89.5 Å². The Morgan fingerprint density at radius 1 is 1.10 bits per heavy atom. The normalized spacial score (nSPS) is 37.2. The summed E-state index contributed by atoms with van der Waals surface area (Å²) in [6.45, 7) is 11.1. The Morgan fingerprint density at radius 3 is 2.46 bits per heavy atom. The van der Waals surface area contributed by atoms with Crippen molar-refractivity contribution in [2.24, 2.45) is 27.9 Å². The van der Waals surface area contributed by atoms with Crippen molar-refractivity contribution in [2.75, 3.05) is 33.0 Å². The summed E-state index contributed by atoms with van der Waals surface area (Å²) < 4.78 is 48.2. The van der Waals surface area contributed by atoms with Crippen LogP contribution in [0.1, 0.15) is 79.7 Å². The molecule has 0 saturated carbocycles. The number of nitrogens with two attached hydrogens (primary N) is 1. The van der Waals surface area contributed by atoms with Crippen molar-refractivity contribution in [3.05, 3.63) is 23.2 Å². The Morgan fingerprint density at radius 2 is 1.80 bits per heavy atom. The zero-order valence-corrected chi connectivity index (χ0v) is 37.3. The molecule has 0 spiro atoms. The van der Waals surface area contributed by atoms with E-state index in [1.807, 2.05) is 25.9 Å². The van der Waals surface area contributed by atoms with Gasteiger partial charge in [0, 0.05) is 30.5 Å². The fourth-order valence-corrected chi connectivity index (χ4v) is 9.00. The number of amides is 1. The van der Waals surface area contributed by atoms with Gasteiger partial charge in [0.1, 0.15) is 35.0 Å². The van der Waals surface area contributed by atoms with Crippen LogP contribution in [0.25, 0.3) is 10.7 Å². The molecule has 0 aliphatic carbocycles. The average Bonchev–Trinajstić information content (AvgIpc) is 3.67. The number of nitrogens with zero attached hydrogens (tertiary/aromatic N) is 6. The monoisotopic (exact) mass is 877 g/mol. The van der Waals surface area contributed by atoms with Gasteiger partial charge >= 0.3 is 5.97 Å². The number of rotatable bonds is 8. The second-order valence-corrected chi connectivity index (χ2v) is 17.9. The van der Waals surface area contributed by atoms with Gasteiger partial charge in [0.05, 0.1) is 37.6 Å². The van der Waals surface area contributed by atoms with Gasteiger partial charge in [-0.1, -0.05) is 50.3 Å². The lowest BCUT2D eigenvalue weighted by molar-refractivity contribution is -0.284. The number of ether oxygens (including phenoxy) is 5. The molecule has 3 aliphatic rings. The number of Topliss-reactive ketones (excluding diaryl/α,β-unsaturated/α-hetero) is 1. The fraction of sp³-hybridized carbons (Fsp3) is 0.707. The summed E-state index contributed by atoms with van der Waals surface area (Å²) in [5.41, 5.74) is 1.63. The number of carbonyl (C=O) groups excluding carboxylic acids is 3. The van der Waals surface area contributed by atoms with Crippen LogP contribution < -0.4 is 5.73 Å². The number of oxime groups is 1. The number of carbonyl (C=O) groups is 3. The highest BCUT2D eigenvalue weighted by Crippen LogP contribution is 2.37. The summed E-state index contributed by atoms with van der Waals surface area (Å²) in [4.78, 5) is 57.1.